The van der Waals surface area contributed by atoms with Gasteiger partial charge in [-0.15, -0.1) is 0 Å². The van der Waals surface area contributed by atoms with Gasteiger partial charge in [-0.05, 0) is 43.0 Å². The fourth-order valence-electron chi connectivity index (χ4n) is 2.77. The molecule has 0 saturated carbocycles. The number of halogens is 1. The molecular weight excluding hydrogens is 256 g/mol. The predicted molar refractivity (Wildman–Crippen MR) is 84.1 cm³/mol. The zero-order valence-electron chi connectivity index (χ0n) is 12.1. The third kappa shape index (κ3) is 3.87. The minimum atomic E-state index is 0.842. The predicted octanol–water partition coefficient (Wildman–Crippen LogP) is 4.08. The van der Waals surface area contributed by atoms with E-state index in [1.807, 2.05) is 6.07 Å². The van der Waals surface area contributed by atoms with Gasteiger partial charge in [0.05, 0.1) is 0 Å². The van der Waals surface area contributed by atoms with Crippen LogP contribution < -0.4 is 10.2 Å². The molecule has 1 N–H and O–H groups in total. The Morgan fingerprint density at radius 2 is 2.21 bits per heavy atom. The van der Waals surface area contributed by atoms with Gasteiger partial charge >= 0.3 is 0 Å². The van der Waals surface area contributed by atoms with E-state index in [2.05, 4.69) is 36.2 Å². The molecule has 0 amide bonds. The van der Waals surface area contributed by atoms with Gasteiger partial charge in [-0.2, -0.15) is 0 Å². The van der Waals surface area contributed by atoms with Gasteiger partial charge < -0.3 is 10.2 Å². The van der Waals surface area contributed by atoms with Crippen LogP contribution in [0, 0.1) is 5.92 Å². The molecule has 1 saturated heterocycles. The SMILES string of the molecule is CCCNCc1ccc(Cl)cc1N1CCC(CC)C1. The van der Waals surface area contributed by atoms with Crippen molar-refractivity contribution in [3.63, 3.8) is 0 Å². The number of anilines is 1. The molecule has 3 heteroatoms. The molecule has 0 aromatic heterocycles. The summed E-state index contributed by atoms with van der Waals surface area (Å²) in [5, 5.41) is 4.33. The van der Waals surface area contributed by atoms with E-state index in [0.717, 1.165) is 24.0 Å². The summed E-state index contributed by atoms with van der Waals surface area (Å²) in [4.78, 5) is 2.50. The fraction of sp³-hybridized carbons (Fsp3) is 0.625. The summed E-state index contributed by atoms with van der Waals surface area (Å²) < 4.78 is 0. The molecular formula is C16H25ClN2. The Bertz CT molecular complexity index is 406. The summed E-state index contributed by atoms with van der Waals surface area (Å²) in [6, 6.07) is 6.30. The maximum atomic E-state index is 6.18. The van der Waals surface area contributed by atoms with E-state index in [1.165, 1.54) is 43.6 Å². The molecule has 0 spiro atoms. The van der Waals surface area contributed by atoms with Crippen LogP contribution in [0.25, 0.3) is 0 Å². The van der Waals surface area contributed by atoms with Crippen molar-refractivity contribution in [3.05, 3.63) is 28.8 Å². The second kappa shape index (κ2) is 7.16. The fourth-order valence-corrected chi connectivity index (χ4v) is 2.93. The Morgan fingerprint density at radius 3 is 2.89 bits per heavy atom. The maximum Gasteiger partial charge on any atom is 0.0426 e. The Hall–Kier alpha value is -0.730. The highest BCUT2D eigenvalue weighted by Crippen LogP contribution is 2.30. The number of rotatable bonds is 6. The van der Waals surface area contributed by atoms with Crippen LogP contribution in [0.4, 0.5) is 5.69 Å². The first-order valence-corrected chi connectivity index (χ1v) is 7.86. The average molecular weight is 281 g/mol. The number of nitrogens with one attached hydrogen (secondary N) is 1. The van der Waals surface area contributed by atoms with E-state index in [9.17, 15) is 0 Å². The number of nitrogens with zero attached hydrogens (tertiary/aromatic N) is 1. The summed E-state index contributed by atoms with van der Waals surface area (Å²) in [6.45, 7) is 8.84. The Labute approximate surface area is 122 Å². The lowest BCUT2D eigenvalue weighted by Gasteiger charge is -2.22. The van der Waals surface area contributed by atoms with Gasteiger partial charge in [0, 0.05) is 30.3 Å². The van der Waals surface area contributed by atoms with Crippen LogP contribution in [0.2, 0.25) is 5.02 Å². The summed E-state index contributed by atoms with van der Waals surface area (Å²) in [5.41, 5.74) is 2.70. The average Bonchev–Trinajstić information content (AvgIpc) is 2.89. The second-order valence-corrected chi connectivity index (χ2v) is 5.90. The highest BCUT2D eigenvalue weighted by molar-refractivity contribution is 6.30. The summed E-state index contributed by atoms with van der Waals surface area (Å²) in [5.74, 6) is 0.843. The van der Waals surface area contributed by atoms with Crippen LogP contribution >= 0.6 is 11.6 Å². The Kier molecular flexibility index (Phi) is 5.53. The molecule has 1 aromatic rings. The lowest BCUT2D eigenvalue weighted by atomic mass is 10.1. The van der Waals surface area contributed by atoms with Crippen LogP contribution in [-0.2, 0) is 6.54 Å². The van der Waals surface area contributed by atoms with Crippen LogP contribution in [0.5, 0.6) is 0 Å². The zero-order valence-corrected chi connectivity index (χ0v) is 12.8. The Balaban J connectivity index is 2.11. The molecule has 0 radical (unpaired) electrons. The lowest BCUT2D eigenvalue weighted by molar-refractivity contribution is 0.569. The lowest BCUT2D eigenvalue weighted by Crippen LogP contribution is -2.23. The largest absolute Gasteiger partial charge is 0.371 e. The van der Waals surface area contributed by atoms with Crippen molar-refractivity contribution in [3.8, 4) is 0 Å². The maximum absolute atomic E-state index is 6.18. The zero-order chi connectivity index (χ0) is 13.7. The molecule has 1 unspecified atom stereocenters. The minimum Gasteiger partial charge on any atom is -0.371 e. The highest BCUT2D eigenvalue weighted by atomic mass is 35.5. The van der Waals surface area contributed by atoms with Crippen molar-refractivity contribution in [2.75, 3.05) is 24.5 Å². The molecule has 106 valence electrons. The molecule has 1 aliphatic heterocycles. The summed E-state index contributed by atoms with van der Waals surface area (Å²) >= 11 is 6.18. The standard InChI is InChI=1S/C16H25ClN2/c1-3-8-18-11-14-5-6-15(17)10-16(14)19-9-7-13(4-2)12-19/h5-6,10,13,18H,3-4,7-9,11-12H2,1-2H3. The molecule has 1 aliphatic rings. The molecule has 1 fully saturated rings. The Morgan fingerprint density at radius 1 is 1.37 bits per heavy atom. The van der Waals surface area contributed by atoms with E-state index >= 15 is 0 Å². The molecule has 2 rings (SSSR count). The molecule has 19 heavy (non-hydrogen) atoms. The van der Waals surface area contributed by atoms with Crippen LogP contribution in [0.1, 0.15) is 38.7 Å². The van der Waals surface area contributed by atoms with Crippen molar-refractivity contribution >= 4 is 17.3 Å². The monoisotopic (exact) mass is 280 g/mol. The van der Waals surface area contributed by atoms with E-state index in [-0.39, 0.29) is 0 Å². The molecule has 2 nitrogen and oxygen atoms in total. The van der Waals surface area contributed by atoms with Crippen molar-refractivity contribution in [2.24, 2.45) is 5.92 Å². The van der Waals surface area contributed by atoms with Crippen LogP contribution in [-0.4, -0.2) is 19.6 Å². The smallest absolute Gasteiger partial charge is 0.0426 e. The molecule has 0 aliphatic carbocycles. The third-order valence-corrected chi connectivity index (χ3v) is 4.23. The van der Waals surface area contributed by atoms with E-state index in [4.69, 9.17) is 11.6 Å². The van der Waals surface area contributed by atoms with E-state index in [0.29, 0.717) is 0 Å². The number of hydrogen-bond donors (Lipinski definition) is 1. The van der Waals surface area contributed by atoms with Gasteiger partial charge in [0.25, 0.3) is 0 Å². The van der Waals surface area contributed by atoms with E-state index in [1.54, 1.807) is 0 Å². The van der Waals surface area contributed by atoms with Crippen molar-refractivity contribution in [1.29, 1.82) is 0 Å². The first-order chi connectivity index (χ1) is 9.24. The van der Waals surface area contributed by atoms with Crippen molar-refractivity contribution in [1.82, 2.24) is 5.32 Å². The number of hydrogen-bond acceptors (Lipinski definition) is 2. The van der Waals surface area contributed by atoms with Crippen LogP contribution in [0.15, 0.2) is 18.2 Å². The number of benzene rings is 1. The third-order valence-electron chi connectivity index (χ3n) is 3.99. The van der Waals surface area contributed by atoms with Crippen molar-refractivity contribution in [2.45, 2.75) is 39.7 Å². The quantitative estimate of drug-likeness (QED) is 0.790. The second-order valence-electron chi connectivity index (χ2n) is 5.46. The van der Waals surface area contributed by atoms with Gasteiger partial charge in [-0.3, -0.25) is 0 Å². The van der Waals surface area contributed by atoms with Crippen molar-refractivity contribution < 1.29 is 0 Å². The van der Waals surface area contributed by atoms with Gasteiger partial charge in [-0.1, -0.05) is 37.9 Å². The van der Waals surface area contributed by atoms with Gasteiger partial charge in [0.2, 0.25) is 0 Å². The summed E-state index contributed by atoms with van der Waals surface area (Å²) in [7, 11) is 0. The van der Waals surface area contributed by atoms with Gasteiger partial charge in [0.1, 0.15) is 0 Å². The molecule has 1 heterocycles. The topological polar surface area (TPSA) is 15.3 Å². The van der Waals surface area contributed by atoms with Gasteiger partial charge in [0.15, 0.2) is 0 Å². The first kappa shape index (κ1) is 14.7. The molecule has 0 bridgehead atoms. The highest BCUT2D eigenvalue weighted by Gasteiger charge is 2.22. The summed E-state index contributed by atoms with van der Waals surface area (Å²) in [6.07, 6.45) is 3.76. The first-order valence-electron chi connectivity index (χ1n) is 7.48. The molecule has 1 aromatic carbocycles. The molecule has 1 atom stereocenters. The van der Waals surface area contributed by atoms with Gasteiger partial charge in [-0.25, -0.2) is 0 Å². The minimum absolute atomic E-state index is 0.842. The van der Waals surface area contributed by atoms with E-state index < -0.39 is 0 Å². The normalized spacial score (nSPS) is 19.1. The van der Waals surface area contributed by atoms with Crippen LogP contribution in [0.3, 0.4) is 0 Å².